The highest BCUT2D eigenvalue weighted by Gasteiger charge is 2.14. The zero-order chi connectivity index (χ0) is 12.3. The molecule has 0 aromatic carbocycles. The fourth-order valence-corrected chi connectivity index (χ4v) is 2.44. The van der Waals surface area contributed by atoms with E-state index in [1.165, 1.54) is 0 Å². The lowest BCUT2D eigenvalue weighted by Gasteiger charge is -2.09. The van der Waals surface area contributed by atoms with E-state index < -0.39 is 6.10 Å². The molecule has 17 heavy (non-hydrogen) atoms. The van der Waals surface area contributed by atoms with Gasteiger partial charge in [0.1, 0.15) is 11.9 Å². The van der Waals surface area contributed by atoms with Crippen molar-refractivity contribution in [1.82, 2.24) is 14.5 Å². The summed E-state index contributed by atoms with van der Waals surface area (Å²) in [5.74, 6) is 0.921. The first-order valence-corrected chi connectivity index (χ1v) is 6.68. The number of imidazole rings is 1. The van der Waals surface area contributed by atoms with E-state index in [2.05, 4.69) is 21.5 Å². The van der Waals surface area contributed by atoms with E-state index >= 15 is 0 Å². The Morgan fingerprint density at radius 2 is 2.35 bits per heavy atom. The Morgan fingerprint density at radius 3 is 3.00 bits per heavy atom. The summed E-state index contributed by atoms with van der Waals surface area (Å²) in [7, 11) is 0. The van der Waals surface area contributed by atoms with Gasteiger partial charge in [-0.15, -0.1) is 11.3 Å². The third-order valence-corrected chi connectivity index (χ3v) is 3.41. The van der Waals surface area contributed by atoms with Gasteiger partial charge >= 0.3 is 0 Å². The van der Waals surface area contributed by atoms with E-state index in [4.69, 9.17) is 0 Å². The summed E-state index contributed by atoms with van der Waals surface area (Å²) in [4.78, 5) is 8.58. The fraction of sp³-hybridized carbons (Fsp3) is 0.500. The van der Waals surface area contributed by atoms with Crippen LogP contribution in [0.3, 0.4) is 0 Å². The zero-order valence-corrected chi connectivity index (χ0v) is 10.9. The van der Waals surface area contributed by atoms with Crippen molar-refractivity contribution in [3.8, 4) is 0 Å². The molecule has 0 saturated heterocycles. The van der Waals surface area contributed by atoms with Crippen molar-refractivity contribution in [2.24, 2.45) is 0 Å². The minimum Gasteiger partial charge on any atom is -0.386 e. The number of aryl methyl sites for hydroxylation is 2. The molecule has 4 nitrogen and oxygen atoms in total. The maximum absolute atomic E-state index is 10.1. The molecule has 0 aliphatic carbocycles. The molecule has 0 aliphatic heterocycles. The number of rotatable bonds is 5. The van der Waals surface area contributed by atoms with Crippen molar-refractivity contribution in [2.75, 3.05) is 0 Å². The maximum atomic E-state index is 10.1. The van der Waals surface area contributed by atoms with Crippen LogP contribution in [0.1, 0.15) is 36.0 Å². The van der Waals surface area contributed by atoms with Crippen molar-refractivity contribution in [1.29, 1.82) is 0 Å². The van der Waals surface area contributed by atoms with Crippen LogP contribution in [-0.4, -0.2) is 19.6 Å². The molecule has 5 heteroatoms. The molecule has 1 unspecified atom stereocenters. The summed E-state index contributed by atoms with van der Waals surface area (Å²) < 4.78 is 2.09. The molecule has 0 aliphatic rings. The van der Waals surface area contributed by atoms with Crippen LogP contribution >= 0.6 is 11.3 Å². The van der Waals surface area contributed by atoms with Crippen LogP contribution in [0.4, 0.5) is 0 Å². The van der Waals surface area contributed by atoms with Crippen molar-refractivity contribution < 1.29 is 5.11 Å². The number of aliphatic hydroxyl groups excluding tert-OH is 1. The van der Waals surface area contributed by atoms with Crippen LogP contribution in [0.5, 0.6) is 0 Å². The van der Waals surface area contributed by atoms with Crippen molar-refractivity contribution >= 4 is 11.3 Å². The smallest absolute Gasteiger partial charge is 0.111 e. The Hall–Kier alpha value is -1.20. The van der Waals surface area contributed by atoms with Crippen LogP contribution < -0.4 is 0 Å². The summed E-state index contributed by atoms with van der Waals surface area (Å²) in [6, 6.07) is 0. The number of aliphatic hydroxyl groups is 1. The zero-order valence-electron chi connectivity index (χ0n) is 10.1. The van der Waals surface area contributed by atoms with Crippen LogP contribution in [0.2, 0.25) is 0 Å². The SMILES string of the molecule is CCCn1ccnc1CC(O)c1csc(C)n1. The second kappa shape index (κ2) is 5.42. The van der Waals surface area contributed by atoms with Gasteiger partial charge in [0.2, 0.25) is 0 Å². The summed E-state index contributed by atoms with van der Waals surface area (Å²) in [5, 5.41) is 13.0. The Kier molecular flexibility index (Phi) is 3.91. The van der Waals surface area contributed by atoms with E-state index in [0.717, 1.165) is 29.5 Å². The number of hydrogen-bond acceptors (Lipinski definition) is 4. The average Bonchev–Trinajstić information content (AvgIpc) is 2.89. The highest BCUT2D eigenvalue weighted by molar-refractivity contribution is 7.09. The van der Waals surface area contributed by atoms with Gasteiger partial charge in [0.25, 0.3) is 0 Å². The number of thiazole rings is 1. The van der Waals surface area contributed by atoms with Crippen molar-refractivity contribution in [3.05, 3.63) is 34.3 Å². The van der Waals surface area contributed by atoms with Gasteiger partial charge in [0, 0.05) is 30.7 Å². The molecule has 0 bridgehead atoms. The van der Waals surface area contributed by atoms with Gasteiger partial charge in [-0.2, -0.15) is 0 Å². The quantitative estimate of drug-likeness (QED) is 0.887. The first-order valence-electron chi connectivity index (χ1n) is 5.80. The van der Waals surface area contributed by atoms with E-state index in [1.54, 1.807) is 17.5 Å². The molecular formula is C12H17N3OS. The predicted molar refractivity (Wildman–Crippen MR) is 68.0 cm³/mol. The molecular weight excluding hydrogens is 234 g/mol. The average molecular weight is 251 g/mol. The van der Waals surface area contributed by atoms with Gasteiger partial charge in [-0.05, 0) is 13.3 Å². The van der Waals surface area contributed by atoms with Gasteiger partial charge in [-0.1, -0.05) is 6.92 Å². The molecule has 2 rings (SSSR count). The molecule has 2 aromatic heterocycles. The Labute approximate surface area is 105 Å². The van der Waals surface area contributed by atoms with Crippen LogP contribution in [-0.2, 0) is 13.0 Å². The minimum atomic E-state index is -0.557. The third kappa shape index (κ3) is 2.92. The molecule has 2 heterocycles. The molecule has 0 saturated carbocycles. The normalized spacial score (nSPS) is 12.9. The van der Waals surface area contributed by atoms with Crippen molar-refractivity contribution in [3.63, 3.8) is 0 Å². The number of nitrogens with zero attached hydrogens (tertiary/aromatic N) is 3. The monoisotopic (exact) mass is 251 g/mol. The van der Waals surface area contributed by atoms with Gasteiger partial charge in [-0.3, -0.25) is 0 Å². The first-order chi connectivity index (χ1) is 8.20. The molecule has 0 radical (unpaired) electrons. The Morgan fingerprint density at radius 1 is 1.53 bits per heavy atom. The minimum absolute atomic E-state index is 0.524. The van der Waals surface area contributed by atoms with E-state index in [0.29, 0.717) is 6.42 Å². The molecule has 0 fully saturated rings. The highest BCUT2D eigenvalue weighted by Crippen LogP contribution is 2.19. The van der Waals surface area contributed by atoms with Crippen molar-refractivity contribution in [2.45, 2.75) is 39.3 Å². The van der Waals surface area contributed by atoms with Gasteiger partial charge < -0.3 is 9.67 Å². The second-order valence-electron chi connectivity index (χ2n) is 4.05. The predicted octanol–water partition coefficient (Wildman–Crippen LogP) is 2.33. The standard InChI is InChI=1S/C12H17N3OS/c1-3-5-15-6-4-13-12(15)7-11(16)10-8-17-9(2)14-10/h4,6,8,11,16H,3,5,7H2,1-2H3. The maximum Gasteiger partial charge on any atom is 0.111 e. The fourth-order valence-electron chi connectivity index (χ4n) is 1.79. The largest absolute Gasteiger partial charge is 0.386 e. The molecule has 2 aromatic rings. The lowest BCUT2D eigenvalue weighted by atomic mass is 10.2. The van der Waals surface area contributed by atoms with Crippen LogP contribution in [0, 0.1) is 6.92 Å². The first kappa shape index (κ1) is 12.3. The molecule has 0 spiro atoms. The van der Waals surface area contributed by atoms with Gasteiger partial charge in [0.05, 0.1) is 10.7 Å². The van der Waals surface area contributed by atoms with Crippen LogP contribution in [0.25, 0.3) is 0 Å². The van der Waals surface area contributed by atoms with E-state index in [-0.39, 0.29) is 0 Å². The second-order valence-corrected chi connectivity index (χ2v) is 5.11. The van der Waals surface area contributed by atoms with Gasteiger partial charge in [0.15, 0.2) is 0 Å². The lowest BCUT2D eigenvalue weighted by molar-refractivity contribution is 0.170. The van der Waals surface area contributed by atoms with E-state index in [9.17, 15) is 5.11 Å². The highest BCUT2D eigenvalue weighted by atomic mass is 32.1. The lowest BCUT2D eigenvalue weighted by Crippen LogP contribution is -2.09. The summed E-state index contributed by atoms with van der Waals surface area (Å²) in [6.07, 6.45) is 4.77. The van der Waals surface area contributed by atoms with E-state index in [1.807, 2.05) is 18.5 Å². The topological polar surface area (TPSA) is 50.9 Å². The number of hydrogen-bond donors (Lipinski definition) is 1. The molecule has 0 amide bonds. The third-order valence-electron chi connectivity index (χ3n) is 2.62. The molecule has 92 valence electrons. The summed E-state index contributed by atoms with van der Waals surface area (Å²) in [5.41, 5.74) is 0.749. The summed E-state index contributed by atoms with van der Waals surface area (Å²) in [6.45, 7) is 5.01. The number of aromatic nitrogens is 3. The van der Waals surface area contributed by atoms with Gasteiger partial charge in [-0.25, -0.2) is 9.97 Å². The molecule has 1 N–H and O–H groups in total. The van der Waals surface area contributed by atoms with Crippen LogP contribution in [0.15, 0.2) is 17.8 Å². The Bertz CT molecular complexity index is 478. The molecule has 1 atom stereocenters. The summed E-state index contributed by atoms with van der Waals surface area (Å²) >= 11 is 1.56. The Balaban J connectivity index is 2.07.